The highest BCUT2D eigenvalue weighted by molar-refractivity contribution is 9.10. The van der Waals surface area contributed by atoms with Gasteiger partial charge < -0.3 is 5.11 Å². The summed E-state index contributed by atoms with van der Waals surface area (Å²) < 4.78 is 52.8. The normalized spacial score (nSPS) is 13.6. The van der Waals surface area contributed by atoms with Gasteiger partial charge in [0.1, 0.15) is 17.6 Å². The zero-order valence-electron chi connectivity index (χ0n) is 9.99. The van der Waals surface area contributed by atoms with Gasteiger partial charge in [-0.2, -0.15) is 13.2 Å². The minimum absolute atomic E-state index is 0.0585. The zero-order chi connectivity index (χ0) is 15.1. The third-order valence-electron chi connectivity index (χ3n) is 2.70. The Labute approximate surface area is 119 Å². The first-order valence-corrected chi connectivity index (χ1v) is 6.11. The van der Waals surface area contributed by atoms with Crippen molar-refractivity contribution in [2.45, 2.75) is 12.3 Å². The molecule has 0 aliphatic carbocycles. The first-order valence-electron chi connectivity index (χ1n) is 5.31. The average molecular weight is 354 g/mol. The maximum absolute atomic E-state index is 13.7. The fourth-order valence-electron chi connectivity index (χ4n) is 1.71. The van der Waals surface area contributed by atoms with Crippen LogP contribution in [0.2, 0.25) is 0 Å². The van der Waals surface area contributed by atoms with Crippen LogP contribution in [0.4, 0.5) is 17.6 Å². The van der Waals surface area contributed by atoms with Gasteiger partial charge in [0.15, 0.2) is 4.60 Å². The fraction of sp³-hybridized carbons (Fsp3) is 0.273. The van der Waals surface area contributed by atoms with Crippen molar-refractivity contribution in [3.05, 3.63) is 45.4 Å². The number of alkyl halides is 3. The van der Waals surface area contributed by atoms with Crippen LogP contribution in [0.3, 0.4) is 0 Å². The Morgan fingerprint density at radius 1 is 1.35 bits per heavy atom. The number of nitrogens with zero attached hydrogens (tertiary/aromatic N) is 3. The predicted molar refractivity (Wildman–Crippen MR) is 64.2 cm³/mol. The molecule has 4 nitrogen and oxygen atoms in total. The number of benzene rings is 1. The topological polar surface area (TPSA) is 50.9 Å². The molecule has 9 heteroatoms. The SMILES string of the molecule is Cn1nnc(Br)c1C(O)c1cc(C(F)(F)F)ccc1F. The Morgan fingerprint density at radius 2 is 2.00 bits per heavy atom. The van der Waals surface area contributed by atoms with Gasteiger partial charge in [0.05, 0.1) is 5.56 Å². The molecule has 1 N–H and O–H groups in total. The Hall–Kier alpha value is -1.48. The fourth-order valence-corrected chi connectivity index (χ4v) is 2.25. The lowest BCUT2D eigenvalue weighted by atomic mass is 10.0. The molecule has 20 heavy (non-hydrogen) atoms. The minimum atomic E-state index is -4.62. The number of halogens is 5. The standard InChI is InChI=1S/C11H8BrF4N3O/c1-19-8(10(12)17-18-19)9(20)6-4-5(11(14,15)16)2-3-7(6)13/h2-4,9,20H,1H3. The Kier molecular flexibility index (Phi) is 3.83. The molecule has 0 aliphatic rings. The number of aromatic nitrogens is 3. The third kappa shape index (κ3) is 2.68. The van der Waals surface area contributed by atoms with Crippen molar-refractivity contribution in [1.29, 1.82) is 0 Å². The van der Waals surface area contributed by atoms with Gasteiger partial charge in [-0.1, -0.05) is 5.21 Å². The summed E-state index contributed by atoms with van der Waals surface area (Å²) in [5.74, 6) is -0.946. The van der Waals surface area contributed by atoms with Gasteiger partial charge in [-0.3, -0.25) is 0 Å². The first kappa shape index (κ1) is 14.9. The van der Waals surface area contributed by atoms with Crippen LogP contribution in [0.15, 0.2) is 22.8 Å². The lowest BCUT2D eigenvalue weighted by molar-refractivity contribution is -0.137. The summed E-state index contributed by atoms with van der Waals surface area (Å²) in [6, 6.07) is 1.85. The summed E-state index contributed by atoms with van der Waals surface area (Å²) in [5.41, 5.74) is -1.48. The van der Waals surface area contributed by atoms with E-state index in [2.05, 4.69) is 26.2 Å². The van der Waals surface area contributed by atoms with E-state index in [1.165, 1.54) is 7.05 Å². The van der Waals surface area contributed by atoms with Crippen molar-refractivity contribution >= 4 is 15.9 Å². The van der Waals surface area contributed by atoms with Crippen molar-refractivity contribution < 1.29 is 22.7 Å². The van der Waals surface area contributed by atoms with Gasteiger partial charge in [-0.05, 0) is 34.1 Å². The number of aliphatic hydroxyl groups excluding tert-OH is 1. The molecule has 0 aliphatic heterocycles. The van der Waals surface area contributed by atoms with E-state index in [0.717, 1.165) is 4.68 Å². The second-order valence-corrected chi connectivity index (χ2v) is 4.78. The number of aliphatic hydroxyl groups is 1. The molecular formula is C11H8BrF4N3O. The molecule has 1 unspecified atom stereocenters. The number of hydrogen-bond donors (Lipinski definition) is 1. The van der Waals surface area contributed by atoms with Crippen LogP contribution in [0.25, 0.3) is 0 Å². The quantitative estimate of drug-likeness (QED) is 0.844. The summed E-state index contributed by atoms with van der Waals surface area (Å²) in [7, 11) is 1.43. The van der Waals surface area contributed by atoms with E-state index in [1.54, 1.807) is 0 Å². The van der Waals surface area contributed by atoms with Crippen LogP contribution in [0.1, 0.15) is 22.9 Å². The summed E-state index contributed by atoms with van der Waals surface area (Å²) >= 11 is 3.00. The molecule has 108 valence electrons. The highest BCUT2D eigenvalue weighted by Gasteiger charge is 2.32. The van der Waals surface area contributed by atoms with Crippen LogP contribution in [-0.2, 0) is 13.2 Å². The summed E-state index contributed by atoms with van der Waals surface area (Å²) in [4.78, 5) is 0. The molecule has 2 aromatic rings. The second kappa shape index (κ2) is 5.13. The van der Waals surface area contributed by atoms with E-state index in [1.807, 2.05) is 0 Å². The van der Waals surface area contributed by atoms with Gasteiger partial charge in [0.25, 0.3) is 0 Å². The van der Waals surface area contributed by atoms with E-state index in [4.69, 9.17) is 0 Å². The summed E-state index contributed by atoms with van der Waals surface area (Å²) in [6.07, 6.45) is -6.24. The molecule has 1 atom stereocenters. The van der Waals surface area contributed by atoms with Crippen molar-refractivity contribution in [3.63, 3.8) is 0 Å². The van der Waals surface area contributed by atoms with Gasteiger partial charge in [-0.25, -0.2) is 9.07 Å². The maximum atomic E-state index is 13.7. The lowest BCUT2D eigenvalue weighted by Gasteiger charge is -2.15. The van der Waals surface area contributed by atoms with E-state index in [0.29, 0.717) is 18.2 Å². The van der Waals surface area contributed by atoms with E-state index < -0.39 is 29.2 Å². The number of rotatable bonds is 2. The zero-order valence-corrected chi connectivity index (χ0v) is 11.6. The van der Waals surface area contributed by atoms with Gasteiger partial charge in [-0.15, -0.1) is 5.10 Å². The average Bonchev–Trinajstić information content (AvgIpc) is 2.67. The number of aryl methyl sites for hydroxylation is 1. The predicted octanol–water partition coefficient (Wildman–Crippen LogP) is 2.82. The van der Waals surface area contributed by atoms with Crippen LogP contribution in [0.5, 0.6) is 0 Å². The first-order chi connectivity index (χ1) is 9.21. The van der Waals surface area contributed by atoms with Crippen LogP contribution in [-0.4, -0.2) is 20.1 Å². The molecule has 0 spiro atoms. The molecule has 0 amide bonds. The monoisotopic (exact) mass is 353 g/mol. The third-order valence-corrected chi connectivity index (χ3v) is 3.27. The summed E-state index contributed by atoms with van der Waals surface area (Å²) in [5, 5.41) is 17.2. The van der Waals surface area contributed by atoms with Crippen molar-refractivity contribution in [1.82, 2.24) is 15.0 Å². The van der Waals surface area contributed by atoms with Crippen LogP contribution < -0.4 is 0 Å². The van der Waals surface area contributed by atoms with Crippen molar-refractivity contribution in [2.75, 3.05) is 0 Å². The minimum Gasteiger partial charge on any atom is -0.382 e. The Morgan fingerprint density at radius 3 is 2.50 bits per heavy atom. The van der Waals surface area contributed by atoms with Gasteiger partial charge >= 0.3 is 6.18 Å². The second-order valence-electron chi connectivity index (χ2n) is 4.03. The van der Waals surface area contributed by atoms with Crippen molar-refractivity contribution in [2.24, 2.45) is 7.05 Å². The van der Waals surface area contributed by atoms with Crippen molar-refractivity contribution in [3.8, 4) is 0 Å². The highest BCUT2D eigenvalue weighted by Crippen LogP contribution is 2.34. The maximum Gasteiger partial charge on any atom is 0.416 e. The summed E-state index contributed by atoms with van der Waals surface area (Å²) in [6.45, 7) is 0. The van der Waals surface area contributed by atoms with E-state index >= 15 is 0 Å². The molecule has 1 aromatic carbocycles. The van der Waals surface area contributed by atoms with E-state index in [9.17, 15) is 22.7 Å². The molecule has 0 bridgehead atoms. The highest BCUT2D eigenvalue weighted by atomic mass is 79.9. The Bertz CT molecular complexity index is 622. The van der Waals surface area contributed by atoms with Crippen LogP contribution in [0, 0.1) is 5.82 Å². The molecule has 2 rings (SSSR count). The molecule has 0 saturated carbocycles. The molecule has 1 heterocycles. The van der Waals surface area contributed by atoms with Gasteiger partial charge in [0, 0.05) is 12.6 Å². The Balaban J connectivity index is 2.52. The molecule has 0 radical (unpaired) electrons. The van der Waals surface area contributed by atoms with Crippen LogP contribution >= 0.6 is 15.9 Å². The van der Waals surface area contributed by atoms with Gasteiger partial charge in [0.2, 0.25) is 0 Å². The van der Waals surface area contributed by atoms with E-state index in [-0.39, 0.29) is 10.3 Å². The molecule has 1 aromatic heterocycles. The number of hydrogen-bond acceptors (Lipinski definition) is 3. The molecule has 0 fully saturated rings. The molecule has 0 saturated heterocycles. The lowest BCUT2D eigenvalue weighted by Crippen LogP contribution is -2.12. The largest absolute Gasteiger partial charge is 0.416 e. The smallest absolute Gasteiger partial charge is 0.382 e. The molecular weight excluding hydrogens is 346 g/mol.